The summed E-state index contributed by atoms with van der Waals surface area (Å²) in [5, 5.41) is 19.5. The molecule has 1 aliphatic rings. The number of aliphatic hydroxyl groups excluding tert-OH is 1. The van der Waals surface area contributed by atoms with Crippen molar-refractivity contribution in [1.29, 1.82) is 0 Å². The molecule has 6 heteroatoms. The Kier molecular flexibility index (Phi) is 5.01. The van der Waals surface area contributed by atoms with Crippen molar-refractivity contribution in [2.75, 3.05) is 0 Å². The molecule has 1 fully saturated rings. The fourth-order valence-electron chi connectivity index (χ4n) is 1.29. The molecule has 0 saturated carbocycles. The Balaban J connectivity index is 0.000000199. The van der Waals surface area contributed by atoms with E-state index in [1.807, 2.05) is 0 Å². The second kappa shape index (κ2) is 6.51. The first-order valence-corrected chi connectivity index (χ1v) is 5.29. The van der Waals surface area contributed by atoms with Crippen LogP contribution in [0.15, 0.2) is 30.3 Å². The van der Waals surface area contributed by atoms with Crippen LogP contribution in [0, 0.1) is 0 Å². The number of hydrogen-bond acceptors (Lipinski definition) is 4. The van der Waals surface area contributed by atoms with Gasteiger partial charge in [-0.1, -0.05) is 30.3 Å². The van der Waals surface area contributed by atoms with Gasteiger partial charge < -0.3 is 10.2 Å². The van der Waals surface area contributed by atoms with Crippen molar-refractivity contribution in [2.24, 2.45) is 0 Å². The number of nitrogens with one attached hydrogen (secondary N) is 1. The first kappa shape index (κ1) is 13.9. The van der Waals surface area contributed by atoms with Gasteiger partial charge in [0.25, 0.3) is 0 Å². The van der Waals surface area contributed by atoms with Gasteiger partial charge in [0, 0.05) is 12.8 Å². The minimum Gasteiger partial charge on any atom is -0.479 e. The van der Waals surface area contributed by atoms with Gasteiger partial charge in [0.05, 0.1) is 0 Å². The van der Waals surface area contributed by atoms with E-state index in [0.717, 1.165) is 0 Å². The second-order valence-corrected chi connectivity index (χ2v) is 3.62. The molecule has 3 N–H and O–H groups in total. The molecule has 1 atom stereocenters. The lowest BCUT2D eigenvalue weighted by molar-refractivity contribution is -0.147. The van der Waals surface area contributed by atoms with E-state index in [0.29, 0.717) is 18.4 Å². The highest BCUT2D eigenvalue weighted by atomic mass is 16.4. The van der Waals surface area contributed by atoms with Gasteiger partial charge >= 0.3 is 5.97 Å². The summed E-state index contributed by atoms with van der Waals surface area (Å²) >= 11 is 0. The van der Waals surface area contributed by atoms with Gasteiger partial charge in [-0.3, -0.25) is 14.9 Å². The van der Waals surface area contributed by atoms with Gasteiger partial charge in [-0.2, -0.15) is 0 Å². The van der Waals surface area contributed by atoms with Gasteiger partial charge in [0.1, 0.15) is 0 Å². The van der Waals surface area contributed by atoms with Crippen LogP contribution in [0.2, 0.25) is 0 Å². The van der Waals surface area contributed by atoms with E-state index >= 15 is 0 Å². The normalized spacial score (nSPS) is 15.4. The molecule has 1 aromatic rings. The van der Waals surface area contributed by atoms with Crippen molar-refractivity contribution < 1.29 is 24.6 Å². The number of carbonyl (C=O) groups excluding carboxylic acids is 2. The van der Waals surface area contributed by atoms with Crippen molar-refractivity contribution in [1.82, 2.24) is 5.32 Å². The van der Waals surface area contributed by atoms with Gasteiger partial charge in [0.2, 0.25) is 11.8 Å². The van der Waals surface area contributed by atoms with Gasteiger partial charge in [-0.25, -0.2) is 4.79 Å². The molecule has 0 aliphatic carbocycles. The van der Waals surface area contributed by atoms with Crippen molar-refractivity contribution >= 4 is 17.8 Å². The third kappa shape index (κ3) is 4.34. The highest BCUT2D eigenvalue weighted by Crippen LogP contribution is 2.10. The summed E-state index contributed by atoms with van der Waals surface area (Å²) in [5.41, 5.74) is 0.403. The van der Waals surface area contributed by atoms with Crippen LogP contribution in [-0.2, 0) is 14.4 Å². The van der Waals surface area contributed by atoms with Crippen molar-refractivity contribution in [3.8, 4) is 0 Å². The number of carboxylic acid groups (broad SMARTS) is 1. The van der Waals surface area contributed by atoms with Crippen LogP contribution in [-0.4, -0.2) is 28.0 Å². The second-order valence-electron chi connectivity index (χ2n) is 3.62. The molecule has 0 spiro atoms. The molecule has 18 heavy (non-hydrogen) atoms. The van der Waals surface area contributed by atoms with E-state index in [1.165, 1.54) is 0 Å². The highest BCUT2D eigenvalue weighted by molar-refractivity contribution is 6.01. The van der Waals surface area contributed by atoms with Gasteiger partial charge in [-0.05, 0) is 5.56 Å². The minimum atomic E-state index is -1.41. The standard InChI is InChI=1S/C8H8O3.C4H5NO2/c9-7(8(10)11)6-4-2-1-3-5-6;6-3-1-2-4(7)5-3/h1-5,7,9H,(H,10,11);1-2H2,(H,5,6,7)/t7-;/m0./s1. The molecular formula is C12H13NO5. The highest BCUT2D eigenvalue weighted by Gasteiger charge is 2.15. The average Bonchev–Trinajstić information content (AvgIpc) is 2.74. The zero-order chi connectivity index (χ0) is 13.5. The van der Waals surface area contributed by atoms with Crippen LogP contribution in [0.4, 0.5) is 0 Å². The van der Waals surface area contributed by atoms with Gasteiger partial charge in [0.15, 0.2) is 6.10 Å². The van der Waals surface area contributed by atoms with E-state index in [-0.39, 0.29) is 11.8 Å². The van der Waals surface area contributed by atoms with Crippen molar-refractivity contribution in [3.63, 3.8) is 0 Å². The maximum absolute atomic E-state index is 10.2. The number of aliphatic carboxylic acids is 1. The first-order chi connectivity index (χ1) is 8.50. The molecular weight excluding hydrogens is 238 g/mol. The molecule has 96 valence electrons. The van der Waals surface area contributed by atoms with Crippen LogP contribution in [0.3, 0.4) is 0 Å². The summed E-state index contributed by atoms with van der Waals surface area (Å²) in [5.74, 6) is -1.52. The van der Waals surface area contributed by atoms with E-state index in [1.54, 1.807) is 30.3 Å². The summed E-state index contributed by atoms with van der Waals surface area (Å²) in [6.07, 6.45) is -0.659. The van der Waals surface area contributed by atoms with Gasteiger partial charge in [-0.15, -0.1) is 0 Å². The summed E-state index contributed by atoms with van der Waals surface area (Å²) in [6.45, 7) is 0. The predicted molar refractivity (Wildman–Crippen MR) is 61.4 cm³/mol. The maximum Gasteiger partial charge on any atom is 0.337 e. The average molecular weight is 251 g/mol. The third-order valence-electron chi connectivity index (χ3n) is 2.21. The number of benzene rings is 1. The SMILES string of the molecule is O=C(O)[C@@H](O)c1ccccc1.O=C1CCC(=O)N1. The van der Waals surface area contributed by atoms with E-state index in [4.69, 9.17) is 10.2 Å². The lowest BCUT2D eigenvalue weighted by Crippen LogP contribution is -2.18. The zero-order valence-corrected chi connectivity index (χ0v) is 9.50. The van der Waals surface area contributed by atoms with E-state index in [9.17, 15) is 14.4 Å². The van der Waals surface area contributed by atoms with Crippen LogP contribution in [0.1, 0.15) is 24.5 Å². The first-order valence-electron chi connectivity index (χ1n) is 5.29. The number of aliphatic hydroxyl groups is 1. The quantitative estimate of drug-likeness (QED) is 0.653. The van der Waals surface area contributed by atoms with E-state index < -0.39 is 12.1 Å². The molecule has 1 heterocycles. The Morgan fingerprint density at radius 3 is 1.94 bits per heavy atom. The molecule has 0 unspecified atom stereocenters. The molecule has 2 rings (SSSR count). The van der Waals surface area contributed by atoms with Crippen LogP contribution < -0.4 is 5.32 Å². The number of amides is 2. The largest absolute Gasteiger partial charge is 0.479 e. The Bertz CT molecular complexity index is 429. The van der Waals surface area contributed by atoms with Crippen LogP contribution in [0.25, 0.3) is 0 Å². The lowest BCUT2D eigenvalue weighted by Gasteiger charge is -2.03. The number of imide groups is 1. The smallest absolute Gasteiger partial charge is 0.337 e. The Labute approximate surface area is 103 Å². The topological polar surface area (TPSA) is 104 Å². The zero-order valence-electron chi connectivity index (χ0n) is 9.50. The summed E-state index contributed by atoms with van der Waals surface area (Å²) in [6, 6.07) is 8.26. The maximum atomic E-state index is 10.2. The Morgan fingerprint density at radius 2 is 1.61 bits per heavy atom. The molecule has 1 aromatic carbocycles. The predicted octanol–water partition coefficient (Wildman–Crippen LogP) is 0.228. The molecule has 0 bridgehead atoms. The Morgan fingerprint density at radius 1 is 1.11 bits per heavy atom. The summed E-state index contributed by atoms with van der Waals surface area (Å²) < 4.78 is 0. The monoisotopic (exact) mass is 251 g/mol. The molecule has 1 aliphatic heterocycles. The lowest BCUT2D eigenvalue weighted by atomic mass is 10.1. The fraction of sp³-hybridized carbons (Fsp3) is 0.250. The van der Waals surface area contributed by atoms with E-state index in [2.05, 4.69) is 5.32 Å². The molecule has 2 amide bonds. The number of rotatable bonds is 2. The van der Waals surface area contributed by atoms with Crippen molar-refractivity contribution in [3.05, 3.63) is 35.9 Å². The fourth-order valence-corrected chi connectivity index (χ4v) is 1.29. The molecule has 6 nitrogen and oxygen atoms in total. The Hall–Kier alpha value is -2.21. The molecule has 1 saturated heterocycles. The summed E-state index contributed by atoms with van der Waals surface area (Å²) in [7, 11) is 0. The number of hydrogen-bond donors (Lipinski definition) is 3. The number of carbonyl (C=O) groups is 3. The number of carboxylic acids is 1. The van der Waals surface area contributed by atoms with Crippen molar-refractivity contribution in [2.45, 2.75) is 18.9 Å². The third-order valence-corrected chi connectivity index (χ3v) is 2.21. The molecule has 0 radical (unpaired) electrons. The minimum absolute atomic E-state index is 0.148. The van der Waals surface area contributed by atoms with Crippen LogP contribution >= 0.6 is 0 Å². The summed E-state index contributed by atoms with van der Waals surface area (Å²) in [4.78, 5) is 30.5. The molecule has 0 aromatic heterocycles. The van der Waals surface area contributed by atoms with Crippen LogP contribution in [0.5, 0.6) is 0 Å².